The number of amides is 4. The first-order valence-corrected chi connectivity index (χ1v) is 9.88. The van der Waals surface area contributed by atoms with Crippen molar-refractivity contribution >= 4 is 29.3 Å². The van der Waals surface area contributed by atoms with Gasteiger partial charge in [0, 0.05) is 5.56 Å². The lowest BCUT2D eigenvalue weighted by Crippen LogP contribution is -2.51. The SMILES string of the molecule is COc1ccc(C(=O)NNC(=O)[C@@H](C)NC(=O)c2ccccc2NC(=O)c2ccco2)cc1. The van der Waals surface area contributed by atoms with Crippen molar-refractivity contribution in [1.82, 2.24) is 16.2 Å². The highest BCUT2D eigenvalue weighted by molar-refractivity contribution is 6.08. The molecule has 0 fully saturated rings. The van der Waals surface area contributed by atoms with E-state index in [1.165, 1.54) is 32.4 Å². The van der Waals surface area contributed by atoms with E-state index >= 15 is 0 Å². The number of hydrogen-bond donors (Lipinski definition) is 4. The van der Waals surface area contributed by atoms with Gasteiger partial charge in [0.15, 0.2) is 5.76 Å². The maximum absolute atomic E-state index is 12.7. The number of nitrogens with one attached hydrogen (secondary N) is 4. The molecule has 4 N–H and O–H groups in total. The molecule has 0 bridgehead atoms. The molecule has 10 nitrogen and oxygen atoms in total. The average molecular weight is 450 g/mol. The van der Waals surface area contributed by atoms with Crippen molar-refractivity contribution in [3.05, 3.63) is 83.8 Å². The van der Waals surface area contributed by atoms with Gasteiger partial charge in [-0.25, -0.2) is 0 Å². The van der Waals surface area contributed by atoms with E-state index in [4.69, 9.17) is 9.15 Å². The van der Waals surface area contributed by atoms with E-state index in [0.29, 0.717) is 11.3 Å². The number of hydrazine groups is 1. The minimum atomic E-state index is -0.984. The van der Waals surface area contributed by atoms with Crippen molar-refractivity contribution in [2.45, 2.75) is 13.0 Å². The summed E-state index contributed by atoms with van der Waals surface area (Å²) < 4.78 is 10.1. The molecule has 3 aromatic rings. The minimum Gasteiger partial charge on any atom is -0.497 e. The predicted molar refractivity (Wildman–Crippen MR) is 119 cm³/mol. The van der Waals surface area contributed by atoms with Crippen molar-refractivity contribution in [3.8, 4) is 5.75 Å². The Morgan fingerprint density at radius 3 is 2.24 bits per heavy atom. The second-order valence-electron chi connectivity index (χ2n) is 6.84. The molecule has 0 aliphatic heterocycles. The molecule has 170 valence electrons. The highest BCUT2D eigenvalue weighted by atomic mass is 16.5. The average Bonchev–Trinajstić information content (AvgIpc) is 3.38. The Labute approximate surface area is 189 Å². The van der Waals surface area contributed by atoms with Crippen LogP contribution in [0.25, 0.3) is 0 Å². The standard InChI is InChI=1S/C23H22N4O6/c1-14(20(28)26-27-21(29)15-9-11-16(32-2)12-10-15)24-22(30)17-6-3-4-7-18(17)25-23(31)19-8-5-13-33-19/h3-14H,1-2H3,(H,24,30)(H,25,31)(H,26,28)(H,27,29)/t14-/m1/s1. The summed E-state index contributed by atoms with van der Waals surface area (Å²) in [5.41, 5.74) is 5.26. The molecule has 4 amide bonds. The summed E-state index contributed by atoms with van der Waals surface area (Å²) in [6, 6.07) is 14.7. The van der Waals surface area contributed by atoms with Gasteiger partial charge in [-0.1, -0.05) is 12.1 Å². The Balaban J connectivity index is 1.57. The number of anilines is 1. The van der Waals surface area contributed by atoms with Crippen LogP contribution in [0, 0.1) is 0 Å². The Bertz CT molecular complexity index is 1140. The molecule has 10 heteroatoms. The third-order valence-electron chi connectivity index (χ3n) is 4.56. The minimum absolute atomic E-state index is 0.0885. The zero-order valence-corrected chi connectivity index (χ0v) is 17.9. The molecule has 0 spiro atoms. The lowest BCUT2D eigenvalue weighted by Gasteiger charge is -2.16. The zero-order valence-electron chi connectivity index (χ0n) is 17.9. The monoisotopic (exact) mass is 450 g/mol. The van der Waals surface area contributed by atoms with Crippen molar-refractivity contribution in [1.29, 1.82) is 0 Å². The lowest BCUT2D eigenvalue weighted by atomic mass is 10.1. The van der Waals surface area contributed by atoms with Crippen LogP contribution in [-0.4, -0.2) is 36.8 Å². The number of benzene rings is 2. The van der Waals surface area contributed by atoms with Gasteiger partial charge in [0.05, 0.1) is 24.6 Å². The van der Waals surface area contributed by atoms with Crippen molar-refractivity contribution in [2.75, 3.05) is 12.4 Å². The zero-order chi connectivity index (χ0) is 23.8. The number of carbonyl (C=O) groups is 4. The number of carbonyl (C=O) groups excluding carboxylic acids is 4. The number of methoxy groups -OCH3 is 1. The molecule has 0 aliphatic carbocycles. The molecular weight excluding hydrogens is 428 g/mol. The Morgan fingerprint density at radius 2 is 1.58 bits per heavy atom. The predicted octanol–water partition coefficient (Wildman–Crippen LogP) is 2.12. The van der Waals surface area contributed by atoms with Gasteiger partial charge >= 0.3 is 0 Å². The summed E-state index contributed by atoms with van der Waals surface area (Å²) in [5, 5.41) is 5.13. The van der Waals surface area contributed by atoms with Crippen LogP contribution in [0.5, 0.6) is 5.75 Å². The van der Waals surface area contributed by atoms with Crippen LogP contribution in [0.2, 0.25) is 0 Å². The molecule has 2 aromatic carbocycles. The van der Waals surface area contributed by atoms with Crippen LogP contribution in [-0.2, 0) is 4.79 Å². The molecule has 0 saturated heterocycles. The molecule has 33 heavy (non-hydrogen) atoms. The second kappa shape index (κ2) is 10.6. The number of para-hydroxylation sites is 1. The fourth-order valence-electron chi connectivity index (χ4n) is 2.76. The van der Waals surface area contributed by atoms with Gasteiger partial charge in [-0.05, 0) is 55.5 Å². The Hall–Kier alpha value is -4.60. The topological polar surface area (TPSA) is 139 Å². The van der Waals surface area contributed by atoms with Gasteiger partial charge in [0.2, 0.25) is 0 Å². The third-order valence-corrected chi connectivity index (χ3v) is 4.56. The summed E-state index contributed by atoms with van der Waals surface area (Å²) in [6.45, 7) is 1.46. The van der Waals surface area contributed by atoms with Crippen LogP contribution in [0.3, 0.4) is 0 Å². The van der Waals surface area contributed by atoms with Gasteiger partial charge in [-0.3, -0.25) is 30.0 Å². The second-order valence-corrected chi connectivity index (χ2v) is 6.84. The van der Waals surface area contributed by atoms with Crippen LogP contribution < -0.4 is 26.2 Å². The van der Waals surface area contributed by atoms with E-state index in [0.717, 1.165) is 0 Å². The quantitative estimate of drug-likeness (QED) is 0.407. The molecule has 1 atom stereocenters. The van der Waals surface area contributed by atoms with Crippen molar-refractivity contribution in [2.24, 2.45) is 0 Å². The van der Waals surface area contributed by atoms with Crippen LogP contribution >= 0.6 is 0 Å². The summed E-state index contributed by atoms with van der Waals surface area (Å²) in [6.07, 6.45) is 1.36. The first kappa shape index (κ1) is 23.1. The molecule has 1 heterocycles. The van der Waals surface area contributed by atoms with Gasteiger partial charge < -0.3 is 19.8 Å². The van der Waals surface area contributed by atoms with E-state index in [-0.39, 0.29) is 17.0 Å². The normalized spacial score (nSPS) is 11.1. The first-order chi connectivity index (χ1) is 15.9. The maximum Gasteiger partial charge on any atom is 0.291 e. The summed E-state index contributed by atoms with van der Waals surface area (Å²) in [5.74, 6) is -1.60. The van der Waals surface area contributed by atoms with Crippen molar-refractivity contribution < 1.29 is 28.3 Å². The largest absolute Gasteiger partial charge is 0.497 e. The van der Waals surface area contributed by atoms with Crippen LogP contribution in [0.1, 0.15) is 38.2 Å². The molecular formula is C23H22N4O6. The van der Waals surface area contributed by atoms with Gasteiger partial charge in [-0.15, -0.1) is 0 Å². The summed E-state index contributed by atoms with van der Waals surface area (Å²) >= 11 is 0. The smallest absolute Gasteiger partial charge is 0.291 e. The molecule has 3 rings (SSSR count). The Kier molecular flexibility index (Phi) is 7.43. The fraction of sp³-hybridized carbons (Fsp3) is 0.130. The molecule has 0 radical (unpaired) electrons. The highest BCUT2D eigenvalue weighted by Gasteiger charge is 2.20. The molecule has 0 aliphatic rings. The lowest BCUT2D eigenvalue weighted by molar-refractivity contribution is -0.123. The van der Waals surface area contributed by atoms with Gasteiger partial charge in [0.1, 0.15) is 11.8 Å². The number of ether oxygens (including phenoxy) is 1. The first-order valence-electron chi connectivity index (χ1n) is 9.88. The van der Waals surface area contributed by atoms with E-state index < -0.39 is 29.7 Å². The number of hydrogen-bond acceptors (Lipinski definition) is 6. The van der Waals surface area contributed by atoms with Gasteiger partial charge in [0.25, 0.3) is 23.6 Å². The highest BCUT2D eigenvalue weighted by Crippen LogP contribution is 2.17. The number of rotatable bonds is 7. The van der Waals surface area contributed by atoms with E-state index in [2.05, 4.69) is 21.5 Å². The van der Waals surface area contributed by atoms with Gasteiger partial charge in [-0.2, -0.15) is 0 Å². The third kappa shape index (κ3) is 5.97. The fourth-order valence-corrected chi connectivity index (χ4v) is 2.76. The molecule has 0 saturated carbocycles. The van der Waals surface area contributed by atoms with Crippen LogP contribution in [0.15, 0.2) is 71.3 Å². The van der Waals surface area contributed by atoms with E-state index in [9.17, 15) is 19.2 Å². The van der Waals surface area contributed by atoms with E-state index in [1.54, 1.807) is 48.5 Å². The molecule has 1 aromatic heterocycles. The summed E-state index contributed by atoms with van der Waals surface area (Å²) in [7, 11) is 1.51. The molecule has 0 unspecified atom stereocenters. The van der Waals surface area contributed by atoms with E-state index in [1.807, 2.05) is 0 Å². The Morgan fingerprint density at radius 1 is 0.848 bits per heavy atom. The number of furan rings is 1. The van der Waals surface area contributed by atoms with Crippen LogP contribution in [0.4, 0.5) is 5.69 Å². The van der Waals surface area contributed by atoms with Crippen molar-refractivity contribution in [3.63, 3.8) is 0 Å². The summed E-state index contributed by atoms with van der Waals surface area (Å²) in [4.78, 5) is 49.4. The maximum atomic E-state index is 12.7.